The second kappa shape index (κ2) is 34.9. The van der Waals surface area contributed by atoms with Crippen LogP contribution in [0.25, 0.3) is 10.9 Å². The van der Waals surface area contributed by atoms with Gasteiger partial charge in [0.25, 0.3) is 5.78 Å². The third-order valence-electron chi connectivity index (χ3n) is 12.3. The molecule has 1 aromatic heterocycles. The molecule has 1 heterocycles. The maximum Gasteiger partial charge on any atom is 0.377 e. The number of hydrogen-bond donors (Lipinski definition) is 15. The van der Waals surface area contributed by atoms with Gasteiger partial charge in [0, 0.05) is 36.7 Å². The van der Waals surface area contributed by atoms with Crippen LogP contribution in [0.4, 0.5) is 0 Å². The van der Waals surface area contributed by atoms with Gasteiger partial charge < -0.3 is 87.1 Å². The molecule has 28 heteroatoms. The molecule has 3 rings (SSSR count). The molecule has 0 unspecified atom stereocenters. The number of amides is 7. The standard InChI is InChI=1S/C53H82N18O10/c1-30(2)24-40(70-45(75)35(54)25-33-26-64-36-17-9-8-16-34(33)36)48(78)71-43(31(3)4)49(79)69-39(20-13-23-63-53(59)60)47(77)66-28-42(73)68-38(19-12-22-62-52(57)58)46(76)65-27-41(72)67-37(18-10-11-21-61-51(55)56)44(74)50(80)81-29-32-14-6-5-7-15-32/h5-9,14-17,26,30-31,35,37-40,43,64H,10-13,18-25,27-29,54H2,1-4H3,(H,65,76)(H,66,77)(H,67,72)(H,68,73)(H,69,79)(H,70,75)(H,71,78)(H4,55,56,61)(H4,57,58,62)(H4,59,60,63)/t35-,37-,38-,39-,40-,43-/m0/s1. The van der Waals surface area contributed by atoms with Gasteiger partial charge in [-0.05, 0) is 86.8 Å². The summed E-state index contributed by atoms with van der Waals surface area (Å²) >= 11 is 0. The molecule has 6 atom stereocenters. The van der Waals surface area contributed by atoms with Crippen molar-refractivity contribution in [2.24, 2.45) is 66.9 Å². The Balaban J connectivity index is 1.71. The summed E-state index contributed by atoms with van der Waals surface area (Å²) < 4.78 is 5.20. The number of nitrogens with one attached hydrogen (secondary N) is 8. The van der Waals surface area contributed by atoms with Crippen LogP contribution in [0.1, 0.15) is 90.2 Å². The Kier molecular flexibility index (Phi) is 28.7. The number of ether oxygens (including phenoxy) is 1. The number of carbonyl (C=O) groups is 9. The Hall–Kier alpha value is -8.82. The number of hydrogen-bond acceptors (Lipinski definition) is 14. The van der Waals surface area contributed by atoms with E-state index >= 15 is 0 Å². The van der Waals surface area contributed by atoms with Gasteiger partial charge in [0.2, 0.25) is 41.4 Å². The zero-order chi connectivity index (χ0) is 60.0. The molecule has 0 radical (unpaired) electrons. The second-order valence-electron chi connectivity index (χ2n) is 20.0. The molecule has 22 N–H and O–H groups in total. The van der Waals surface area contributed by atoms with Crippen LogP contribution in [-0.4, -0.2) is 145 Å². The molecule has 28 nitrogen and oxygen atoms in total. The predicted octanol–water partition coefficient (Wildman–Crippen LogP) is -2.74. The molecule has 0 spiro atoms. The van der Waals surface area contributed by atoms with Crippen molar-refractivity contribution in [2.45, 2.75) is 128 Å². The average molecular weight is 1130 g/mol. The molecule has 444 valence electrons. The molecule has 7 amide bonds. The molecule has 0 aliphatic heterocycles. The van der Waals surface area contributed by atoms with Gasteiger partial charge in [-0.3, -0.25) is 53.3 Å². The highest BCUT2D eigenvalue weighted by molar-refractivity contribution is 6.36. The lowest BCUT2D eigenvalue weighted by atomic mass is 9.98. The van der Waals surface area contributed by atoms with Crippen LogP contribution in [0.5, 0.6) is 0 Å². The summed E-state index contributed by atoms with van der Waals surface area (Å²) in [5.74, 6) is -8.73. The summed E-state index contributed by atoms with van der Waals surface area (Å²) in [4.78, 5) is 137. The van der Waals surface area contributed by atoms with E-state index in [4.69, 9.17) is 44.9 Å². The summed E-state index contributed by atoms with van der Waals surface area (Å²) in [5, 5.41) is 19.0. The van der Waals surface area contributed by atoms with Gasteiger partial charge in [0.1, 0.15) is 30.8 Å². The number of benzene rings is 2. The fourth-order valence-corrected chi connectivity index (χ4v) is 8.15. The molecular formula is C53H82N18O10. The number of guanidine groups is 3. The van der Waals surface area contributed by atoms with Gasteiger partial charge in [-0.2, -0.15) is 0 Å². The van der Waals surface area contributed by atoms with Gasteiger partial charge in [-0.1, -0.05) is 76.2 Å². The van der Waals surface area contributed by atoms with Gasteiger partial charge in [-0.25, -0.2) is 4.79 Å². The van der Waals surface area contributed by atoms with E-state index in [1.807, 2.05) is 38.1 Å². The molecule has 0 saturated heterocycles. The number of carbonyl (C=O) groups excluding carboxylic acids is 9. The highest BCUT2D eigenvalue weighted by atomic mass is 16.5. The number of aromatic nitrogens is 1. The highest BCUT2D eigenvalue weighted by Gasteiger charge is 2.34. The van der Waals surface area contributed by atoms with Crippen LogP contribution >= 0.6 is 0 Å². The summed E-state index contributed by atoms with van der Waals surface area (Å²) in [7, 11) is 0. The van der Waals surface area contributed by atoms with Crippen LogP contribution in [-0.2, 0) is 60.9 Å². The third-order valence-corrected chi connectivity index (χ3v) is 12.3. The van der Waals surface area contributed by atoms with E-state index in [0.717, 1.165) is 16.5 Å². The first-order valence-corrected chi connectivity index (χ1v) is 26.7. The number of unbranched alkanes of at least 4 members (excludes halogenated alkanes) is 1. The molecular weight excluding hydrogens is 1050 g/mol. The number of nitrogens with two attached hydrogens (primary N) is 7. The summed E-state index contributed by atoms with van der Waals surface area (Å²) in [6.07, 6.45) is 3.12. The second-order valence-corrected chi connectivity index (χ2v) is 20.0. The Morgan fingerprint density at radius 3 is 1.62 bits per heavy atom. The fraction of sp³-hybridized carbons (Fsp3) is 0.509. The molecule has 0 bridgehead atoms. The van der Waals surface area contributed by atoms with Crippen molar-refractivity contribution in [2.75, 3.05) is 32.7 Å². The maximum atomic E-state index is 14.1. The number of Topliss-reactive ketones (excluding diaryl/α,β-unsaturated/α-hetero) is 1. The van der Waals surface area contributed by atoms with Crippen LogP contribution in [0.3, 0.4) is 0 Å². The van der Waals surface area contributed by atoms with E-state index < -0.39 is 108 Å². The minimum atomic E-state index is -1.35. The normalized spacial score (nSPS) is 13.2. The van der Waals surface area contributed by atoms with Crippen molar-refractivity contribution in [1.29, 1.82) is 0 Å². The molecule has 0 saturated carbocycles. The van der Waals surface area contributed by atoms with E-state index in [2.05, 4.69) is 57.2 Å². The smallest absolute Gasteiger partial charge is 0.377 e. The first-order valence-electron chi connectivity index (χ1n) is 26.7. The van der Waals surface area contributed by atoms with E-state index in [9.17, 15) is 43.2 Å². The fourth-order valence-electron chi connectivity index (χ4n) is 8.15. The Morgan fingerprint density at radius 1 is 0.556 bits per heavy atom. The van der Waals surface area contributed by atoms with E-state index in [1.54, 1.807) is 50.4 Å². The van der Waals surface area contributed by atoms with Crippen LogP contribution < -0.4 is 77.4 Å². The lowest BCUT2D eigenvalue weighted by Crippen LogP contribution is -2.59. The number of para-hydroxylation sites is 1. The van der Waals surface area contributed by atoms with Crippen molar-refractivity contribution in [3.05, 3.63) is 71.9 Å². The number of rotatable bonds is 36. The number of aliphatic imine (C=N–C) groups is 3. The summed E-state index contributed by atoms with van der Waals surface area (Å²) in [5.41, 5.74) is 41.4. The molecule has 0 fully saturated rings. The zero-order valence-electron chi connectivity index (χ0n) is 46.5. The average Bonchev–Trinajstić information content (AvgIpc) is 3.85. The number of H-pyrrole nitrogens is 1. The SMILES string of the molecule is CC(C)C[C@H](NC(=O)[C@@H](N)Cc1c[nH]c2ccccc12)C(=O)N[C@H](C(=O)N[C@@H](CCCN=C(N)N)C(=O)NCC(=O)N[C@@H](CCCN=C(N)N)C(=O)NCC(=O)N[C@@H](CCCCN=C(N)N)C(=O)C(=O)OCc1ccccc1)C(C)C. The molecule has 0 aliphatic rings. The Labute approximate surface area is 470 Å². The topological polar surface area (TPSA) is 482 Å². The van der Waals surface area contributed by atoms with Gasteiger partial charge in [0.05, 0.1) is 25.2 Å². The van der Waals surface area contributed by atoms with E-state index in [0.29, 0.717) is 18.4 Å². The molecule has 0 aliphatic carbocycles. The predicted molar refractivity (Wildman–Crippen MR) is 306 cm³/mol. The van der Waals surface area contributed by atoms with Crippen LogP contribution in [0, 0.1) is 11.8 Å². The monoisotopic (exact) mass is 1130 g/mol. The van der Waals surface area contributed by atoms with Crippen molar-refractivity contribution < 1.29 is 47.9 Å². The van der Waals surface area contributed by atoms with E-state index in [-0.39, 0.29) is 95.0 Å². The molecule has 81 heavy (non-hydrogen) atoms. The van der Waals surface area contributed by atoms with Crippen molar-refractivity contribution >= 4 is 81.9 Å². The van der Waals surface area contributed by atoms with E-state index in [1.165, 1.54) is 0 Å². The van der Waals surface area contributed by atoms with Crippen LogP contribution in [0.2, 0.25) is 0 Å². The quantitative estimate of drug-likeness (QED) is 0.00923. The van der Waals surface area contributed by atoms with Crippen molar-refractivity contribution in [3.63, 3.8) is 0 Å². The number of ketones is 1. The van der Waals surface area contributed by atoms with Crippen LogP contribution in [0.15, 0.2) is 75.8 Å². The number of aromatic amines is 1. The number of fused-ring (bicyclic) bond motifs is 1. The minimum Gasteiger partial charge on any atom is -0.455 e. The van der Waals surface area contributed by atoms with Gasteiger partial charge in [0.15, 0.2) is 17.9 Å². The molecule has 3 aromatic rings. The zero-order valence-corrected chi connectivity index (χ0v) is 46.5. The van der Waals surface area contributed by atoms with Gasteiger partial charge in [-0.15, -0.1) is 0 Å². The number of nitrogens with zero attached hydrogens (tertiary/aromatic N) is 3. The lowest BCUT2D eigenvalue weighted by molar-refractivity contribution is -0.156. The Bertz CT molecular complexity index is 2660. The first-order chi connectivity index (χ1) is 38.4. The summed E-state index contributed by atoms with van der Waals surface area (Å²) in [6, 6.07) is 8.92. The van der Waals surface area contributed by atoms with Crippen molar-refractivity contribution in [3.8, 4) is 0 Å². The first kappa shape index (κ1) is 66.5. The molecule has 2 aromatic carbocycles. The van der Waals surface area contributed by atoms with Crippen molar-refractivity contribution in [1.82, 2.24) is 42.2 Å². The third kappa shape index (κ3) is 25.2. The van der Waals surface area contributed by atoms with Gasteiger partial charge >= 0.3 is 5.97 Å². The highest BCUT2D eigenvalue weighted by Crippen LogP contribution is 2.19. The summed E-state index contributed by atoms with van der Waals surface area (Å²) in [6.45, 7) is 5.84. The number of esters is 1. The minimum absolute atomic E-state index is 0.00589. The largest absolute Gasteiger partial charge is 0.455 e. The maximum absolute atomic E-state index is 14.1. The Morgan fingerprint density at radius 2 is 1.06 bits per heavy atom. The lowest BCUT2D eigenvalue weighted by Gasteiger charge is -2.28.